The number of rotatable bonds is 5. The van der Waals surface area contributed by atoms with Gasteiger partial charge in [-0.3, -0.25) is 9.36 Å². The second kappa shape index (κ2) is 6.70. The number of thioether (sulfide) groups is 1. The monoisotopic (exact) mass is 395 g/mol. The average Bonchev–Trinajstić information content (AvgIpc) is 3.36. The highest BCUT2D eigenvalue weighted by atomic mass is 32.2. The summed E-state index contributed by atoms with van der Waals surface area (Å²) < 4.78 is 41.6. The van der Waals surface area contributed by atoms with E-state index < -0.39 is 23.7 Å². The second-order valence-corrected chi connectivity index (χ2v) is 7.62. The van der Waals surface area contributed by atoms with Gasteiger partial charge >= 0.3 is 12.1 Å². The molecule has 4 rings (SSSR count). The smallest absolute Gasteiger partial charge is 0.452 e. The molecule has 1 aromatic heterocycles. The van der Waals surface area contributed by atoms with Crippen LogP contribution >= 0.6 is 11.8 Å². The molecule has 0 aliphatic heterocycles. The molecule has 3 aliphatic carbocycles. The molecule has 0 spiro atoms. The van der Waals surface area contributed by atoms with Crippen LogP contribution in [-0.2, 0) is 11.0 Å². The Morgan fingerprint density at radius 1 is 1.19 bits per heavy atom. The minimum Gasteiger partial charge on any atom is -0.481 e. The van der Waals surface area contributed by atoms with E-state index in [9.17, 15) is 18.0 Å². The lowest BCUT2D eigenvalue weighted by Gasteiger charge is -2.33. The zero-order valence-corrected chi connectivity index (χ0v) is 14.9. The van der Waals surface area contributed by atoms with Crippen LogP contribution in [0.3, 0.4) is 0 Å². The van der Waals surface area contributed by atoms with Crippen molar-refractivity contribution in [3.8, 4) is 0 Å². The maximum absolute atomic E-state index is 13.5. The predicted octanol–water partition coefficient (Wildman–Crippen LogP) is 4.02. The Balaban J connectivity index is 1.81. The zero-order valence-electron chi connectivity index (χ0n) is 14.1. The summed E-state index contributed by atoms with van der Waals surface area (Å²) in [6.07, 6.45) is 8.77. The molecule has 0 bridgehead atoms. The van der Waals surface area contributed by atoms with Crippen LogP contribution in [0.5, 0.6) is 0 Å². The van der Waals surface area contributed by atoms with Gasteiger partial charge < -0.3 is 5.11 Å². The Morgan fingerprint density at radius 2 is 1.89 bits per heavy atom. The van der Waals surface area contributed by atoms with Gasteiger partial charge in [-0.15, -0.1) is 10.2 Å². The maximum Gasteiger partial charge on any atom is 0.452 e. The van der Waals surface area contributed by atoms with Crippen molar-refractivity contribution in [3.63, 3.8) is 0 Å². The largest absolute Gasteiger partial charge is 0.481 e. The van der Waals surface area contributed by atoms with Gasteiger partial charge in [-0.2, -0.15) is 13.2 Å². The van der Waals surface area contributed by atoms with Crippen molar-refractivity contribution in [2.75, 3.05) is 5.75 Å². The quantitative estimate of drug-likeness (QED) is 0.763. The first kappa shape index (κ1) is 18.1. The van der Waals surface area contributed by atoms with E-state index in [1.54, 1.807) is 6.08 Å². The Bertz CT molecular complexity index is 894. The number of allylic oxidation sites excluding steroid dienone is 8. The van der Waals surface area contributed by atoms with Crippen LogP contribution < -0.4 is 0 Å². The first-order chi connectivity index (χ1) is 12.9. The number of nitrogens with zero attached hydrogens (tertiary/aromatic N) is 3. The number of alkyl halides is 3. The molecule has 0 saturated heterocycles. The van der Waals surface area contributed by atoms with Crippen LogP contribution in [0.4, 0.5) is 13.2 Å². The molecule has 2 atom stereocenters. The molecule has 2 unspecified atom stereocenters. The topological polar surface area (TPSA) is 68.0 Å². The minimum atomic E-state index is -4.69. The van der Waals surface area contributed by atoms with E-state index in [1.807, 2.05) is 30.4 Å². The number of fused-ring (bicyclic) bond motifs is 1. The molecule has 3 aliphatic rings. The van der Waals surface area contributed by atoms with Crippen LogP contribution in [-0.4, -0.2) is 31.6 Å². The molecule has 0 radical (unpaired) electrons. The van der Waals surface area contributed by atoms with Crippen LogP contribution in [0.25, 0.3) is 5.70 Å². The highest BCUT2D eigenvalue weighted by Gasteiger charge is 2.43. The molecular weight excluding hydrogens is 379 g/mol. The first-order valence-corrected chi connectivity index (χ1v) is 9.49. The predicted molar refractivity (Wildman–Crippen MR) is 93.7 cm³/mol. The van der Waals surface area contributed by atoms with Crippen molar-refractivity contribution in [1.82, 2.24) is 14.8 Å². The summed E-state index contributed by atoms with van der Waals surface area (Å²) >= 11 is 0.731. The van der Waals surface area contributed by atoms with Crippen molar-refractivity contribution in [2.24, 2.45) is 17.8 Å². The number of halogens is 3. The van der Waals surface area contributed by atoms with Crippen molar-refractivity contribution >= 4 is 23.4 Å². The van der Waals surface area contributed by atoms with Gasteiger partial charge in [-0.1, -0.05) is 47.7 Å². The number of carboxylic acids is 1. The molecule has 9 heteroatoms. The minimum absolute atomic E-state index is 0.00306. The SMILES string of the molecule is O=C(O)CSc1nnc(C(F)(F)F)n1C1=CC=C(C2CC2)C2C=CC=CC12. The Labute approximate surface area is 157 Å². The molecule has 1 aromatic rings. The van der Waals surface area contributed by atoms with E-state index >= 15 is 0 Å². The van der Waals surface area contributed by atoms with E-state index in [0.717, 1.165) is 29.2 Å². The number of aromatic nitrogens is 3. The fourth-order valence-corrected chi connectivity index (χ4v) is 4.24. The molecule has 0 amide bonds. The van der Waals surface area contributed by atoms with Crippen LogP contribution in [0, 0.1) is 17.8 Å². The Morgan fingerprint density at radius 3 is 2.52 bits per heavy atom. The normalized spacial score (nSPS) is 24.4. The third kappa shape index (κ3) is 3.47. The second-order valence-electron chi connectivity index (χ2n) is 6.68. The van der Waals surface area contributed by atoms with Gasteiger partial charge in [0.25, 0.3) is 0 Å². The van der Waals surface area contributed by atoms with E-state index in [4.69, 9.17) is 5.11 Å². The van der Waals surface area contributed by atoms with Gasteiger partial charge in [0.1, 0.15) is 0 Å². The van der Waals surface area contributed by atoms with Crippen molar-refractivity contribution in [2.45, 2.75) is 24.2 Å². The van der Waals surface area contributed by atoms with Gasteiger partial charge in [0.05, 0.1) is 5.75 Å². The van der Waals surface area contributed by atoms with Gasteiger partial charge in [0, 0.05) is 17.5 Å². The molecule has 1 heterocycles. The summed E-state index contributed by atoms with van der Waals surface area (Å²) in [5.74, 6) is -2.42. The molecular formula is C18H16F3N3O2S. The van der Waals surface area contributed by atoms with Gasteiger partial charge in [-0.25, -0.2) is 0 Å². The number of hydrogen-bond acceptors (Lipinski definition) is 4. The molecule has 1 saturated carbocycles. The summed E-state index contributed by atoms with van der Waals surface area (Å²) in [6, 6.07) is 0. The standard InChI is InChI=1S/C18H16F3N3O2S/c19-18(20,21)16-22-23-17(27-9-15(25)26)24(16)14-8-7-11(10-5-6-10)12-3-1-2-4-13(12)14/h1-4,7-8,10,12-13H,5-6,9H2,(H,25,26). The third-order valence-electron chi connectivity index (χ3n) is 4.83. The van der Waals surface area contributed by atoms with Crippen LogP contribution in [0.2, 0.25) is 0 Å². The molecule has 0 aromatic carbocycles. The fourth-order valence-electron chi connectivity index (χ4n) is 3.57. The maximum atomic E-state index is 13.5. The number of carbonyl (C=O) groups is 1. The summed E-state index contributed by atoms with van der Waals surface area (Å²) in [5, 5.41) is 15.8. The number of hydrogen-bond donors (Lipinski definition) is 1. The van der Waals surface area contributed by atoms with Crippen molar-refractivity contribution in [3.05, 3.63) is 47.9 Å². The van der Waals surface area contributed by atoms with Crippen molar-refractivity contribution < 1.29 is 23.1 Å². The van der Waals surface area contributed by atoms with Crippen LogP contribution in [0.15, 0.2) is 47.2 Å². The fraction of sp³-hybridized carbons (Fsp3) is 0.389. The van der Waals surface area contributed by atoms with Gasteiger partial charge in [0.2, 0.25) is 5.82 Å². The summed E-state index contributed by atoms with van der Waals surface area (Å²) in [6.45, 7) is 0. The van der Waals surface area contributed by atoms with Gasteiger partial charge in [0.15, 0.2) is 5.16 Å². The summed E-state index contributed by atoms with van der Waals surface area (Å²) in [4.78, 5) is 10.9. The van der Waals surface area contributed by atoms with E-state index in [1.165, 1.54) is 5.57 Å². The van der Waals surface area contributed by atoms with E-state index in [-0.39, 0.29) is 17.0 Å². The average molecular weight is 395 g/mol. The highest BCUT2D eigenvalue weighted by molar-refractivity contribution is 7.99. The van der Waals surface area contributed by atoms with E-state index in [0.29, 0.717) is 11.6 Å². The lowest BCUT2D eigenvalue weighted by molar-refractivity contribution is -0.146. The third-order valence-corrected chi connectivity index (χ3v) is 5.74. The van der Waals surface area contributed by atoms with Crippen LogP contribution in [0.1, 0.15) is 18.7 Å². The lowest BCUT2D eigenvalue weighted by Crippen LogP contribution is -2.26. The Hall–Kier alpha value is -2.29. The lowest BCUT2D eigenvalue weighted by atomic mass is 9.76. The molecule has 1 N–H and O–H groups in total. The Kier molecular flexibility index (Phi) is 4.49. The molecule has 142 valence electrons. The first-order valence-electron chi connectivity index (χ1n) is 8.50. The molecule has 27 heavy (non-hydrogen) atoms. The zero-order chi connectivity index (χ0) is 19.2. The molecule has 1 fully saturated rings. The van der Waals surface area contributed by atoms with Gasteiger partial charge in [-0.05, 0) is 24.8 Å². The molecule has 5 nitrogen and oxygen atoms in total. The summed E-state index contributed by atoms with van der Waals surface area (Å²) in [7, 11) is 0. The van der Waals surface area contributed by atoms with E-state index in [2.05, 4.69) is 10.2 Å². The number of aliphatic carboxylic acids is 1. The highest BCUT2D eigenvalue weighted by Crippen LogP contribution is 2.49. The number of carboxylic acid groups (broad SMARTS) is 1. The summed E-state index contributed by atoms with van der Waals surface area (Å²) in [5.41, 5.74) is 1.65. The van der Waals surface area contributed by atoms with Crippen molar-refractivity contribution in [1.29, 1.82) is 0 Å².